The van der Waals surface area contributed by atoms with Crippen molar-refractivity contribution in [3.8, 4) is 0 Å². The van der Waals surface area contributed by atoms with Crippen molar-refractivity contribution in [2.24, 2.45) is 0 Å². The van der Waals surface area contributed by atoms with Crippen molar-refractivity contribution < 1.29 is 9.53 Å². The summed E-state index contributed by atoms with van der Waals surface area (Å²) in [6, 6.07) is 0. The van der Waals surface area contributed by atoms with Gasteiger partial charge in [-0.05, 0) is 6.42 Å². The van der Waals surface area contributed by atoms with Crippen molar-refractivity contribution in [2.45, 2.75) is 19.8 Å². The summed E-state index contributed by atoms with van der Waals surface area (Å²) < 4.78 is 5.70. The lowest BCUT2D eigenvalue weighted by Gasteiger charge is -2.19. The van der Waals surface area contributed by atoms with Crippen LogP contribution in [0, 0.1) is 0 Å². The highest BCUT2D eigenvalue weighted by Crippen LogP contribution is 2.09. The first-order valence-electron chi connectivity index (χ1n) is 4.96. The zero-order valence-electron chi connectivity index (χ0n) is 9.61. The van der Waals surface area contributed by atoms with Crippen molar-refractivity contribution in [1.82, 2.24) is 0 Å². The fourth-order valence-electron chi connectivity index (χ4n) is 0.820. The van der Waals surface area contributed by atoms with E-state index >= 15 is 0 Å². The standard InChI is InChI=1S/C10H18OSi.C2H4O/c1-5-9-10-11-12(6-2,7-3)8-4;1-2-3/h6-8H,2-5,9-10H2,1H3;2-3H,1H2. The maximum Gasteiger partial charge on any atom is 0.264 e. The van der Waals surface area contributed by atoms with Gasteiger partial charge in [0.05, 0.1) is 6.26 Å². The summed E-state index contributed by atoms with van der Waals surface area (Å²) in [5.41, 5.74) is 5.55. The molecule has 0 amide bonds. The summed E-state index contributed by atoms with van der Waals surface area (Å²) in [5.74, 6) is 0. The van der Waals surface area contributed by atoms with Gasteiger partial charge >= 0.3 is 0 Å². The molecule has 0 radical (unpaired) electrons. The molecule has 0 unspecified atom stereocenters. The molecule has 0 aromatic carbocycles. The molecule has 0 aromatic rings. The smallest absolute Gasteiger partial charge is 0.264 e. The van der Waals surface area contributed by atoms with Crippen LogP contribution in [-0.4, -0.2) is 20.0 Å². The zero-order chi connectivity index (χ0) is 12.2. The van der Waals surface area contributed by atoms with Gasteiger partial charge in [-0.1, -0.05) is 37.0 Å². The Labute approximate surface area is 94.4 Å². The molecule has 0 aromatic heterocycles. The molecular formula is C12H22O2Si. The molecule has 0 atom stereocenters. The Balaban J connectivity index is 0. The SMILES string of the molecule is C=CO.C=C[Si](C=C)(C=C)OCCCC. The van der Waals surface area contributed by atoms with E-state index in [1.165, 1.54) is 0 Å². The van der Waals surface area contributed by atoms with E-state index in [1.54, 1.807) is 0 Å². The van der Waals surface area contributed by atoms with Crippen LogP contribution in [0.2, 0.25) is 0 Å². The van der Waals surface area contributed by atoms with Crippen LogP contribution >= 0.6 is 0 Å². The third-order valence-electron chi connectivity index (χ3n) is 1.81. The molecule has 0 fully saturated rings. The van der Waals surface area contributed by atoms with Crippen molar-refractivity contribution in [2.75, 3.05) is 6.61 Å². The maximum absolute atomic E-state index is 7.33. The summed E-state index contributed by atoms with van der Waals surface area (Å²) >= 11 is 0. The molecule has 0 saturated carbocycles. The molecule has 0 aliphatic carbocycles. The van der Waals surface area contributed by atoms with Gasteiger partial charge in [0.2, 0.25) is 0 Å². The lowest BCUT2D eigenvalue weighted by Crippen LogP contribution is -2.32. The molecule has 0 aliphatic heterocycles. The third kappa shape index (κ3) is 7.97. The van der Waals surface area contributed by atoms with Gasteiger partial charge < -0.3 is 9.53 Å². The van der Waals surface area contributed by atoms with Gasteiger partial charge in [-0.2, -0.15) is 0 Å². The Hall–Kier alpha value is -1.06. The molecule has 3 heteroatoms. The van der Waals surface area contributed by atoms with E-state index in [0.29, 0.717) is 0 Å². The molecule has 0 heterocycles. The summed E-state index contributed by atoms with van der Waals surface area (Å²) in [6.45, 7) is 17.1. The second kappa shape index (κ2) is 11.0. The van der Waals surface area contributed by atoms with E-state index < -0.39 is 8.32 Å². The van der Waals surface area contributed by atoms with Gasteiger partial charge in [0, 0.05) is 6.61 Å². The highest BCUT2D eigenvalue weighted by Gasteiger charge is 2.22. The first-order valence-corrected chi connectivity index (χ1v) is 7.10. The minimum absolute atomic E-state index is 0.750. The molecular weight excluding hydrogens is 204 g/mol. The minimum Gasteiger partial charge on any atom is -0.516 e. The summed E-state index contributed by atoms with van der Waals surface area (Å²) in [4.78, 5) is 0. The number of rotatable bonds is 7. The number of hydrogen-bond acceptors (Lipinski definition) is 2. The molecule has 0 rings (SSSR count). The molecule has 0 saturated heterocycles. The van der Waals surface area contributed by atoms with Gasteiger partial charge in [-0.15, -0.1) is 19.7 Å². The monoisotopic (exact) mass is 226 g/mol. The average molecular weight is 226 g/mol. The lowest BCUT2D eigenvalue weighted by molar-refractivity contribution is 0.312. The van der Waals surface area contributed by atoms with Gasteiger partial charge in [-0.3, -0.25) is 0 Å². The molecule has 86 valence electrons. The first kappa shape index (κ1) is 16.4. The van der Waals surface area contributed by atoms with E-state index in [0.717, 1.165) is 25.7 Å². The third-order valence-corrected chi connectivity index (χ3v) is 4.43. The van der Waals surface area contributed by atoms with E-state index in [4.69, 9.17) is 9.53 Å². The van der Waals surface area contributed by atoms with Crippen molar-refractivity contribution in [1.29, 1.82) is 0 Å². The molecule has 0 bridgehead atoms. The Morgan fingerprint density at radius 1 is 1.13 bits per heavy atom. The second-order valence-corrected chi connectivity index (χ2v) is 6.07. The number of aliphatic hydroxyl groups is 1. The van der Waals surface area contributed by atoms with E-state index in [1.807, 2.05) is 17.1 Å². The topological polar surface area (TPSA) is 29.5 Å². The van der Waals surface area contributed by atoms with Crippen molar-refractivity contribution in [3.63, 3.8) is 0 Å². The van der Waals surface area contributed by atoms with E-state index in [-0.39, 0.29) is 0 Å². The number of aliphatic hydroxyl groups excluding tert-OH is 1. The Kier molecular flexibility index (Phi) is 12.0. The van der Waals surface area contributed by atoms with Gasteiger partial charge in [0.1, 0.15) is 0 Å². The van der Waals surface area contributed by atoms with Crippen LogP contribution in [0.25, 0.3) is 0 Å². The normalized spacial score (nSPS) is 9.40. The predicted octanol–water partition coefficient (Wildman–Crippen LogP) is 3.61. The van der Waals surface area contributed by atoms with Crippen LogP contribution in [-0.2, 0) is 4.43 Å². The van der Waals surface area contributed by atoms with E-state index in [2.05, 4.69) is 33.2 Å². The summed E-state index contributed by atoms with van der Waals surface area (Å²) in [5, 5.41) is 7.33. The van der Waals surface area contributed by atoms with Crippen LogP contribution in [0.3, 0.4) is 0 Å². The highest BCUT2D eigenvalue weighted by molar-refractivity contribution is 6.87. The molecule has 1 N–H and O–H groups in total. The van der Waals surface area contributed by atoms with Crippen molar-refractivity contribution >= 4 is 8.32 Å². The zero-order valence-corrected chi connectivity index (χ0v) is 10.6. The van der Waals surface area contributed by atoms with Gasteiger partial charge in [0.15, 0.2) is 0 Å². The summed E-state index contributed by atoms with van der Waals surface area (Å²) in [7, 11) is -1.96. The Morgan fingerprint density at radius 2 is 1.53 bits per heavy atom. The van der Waals surface area contributed by atoms with Crippen LogP contribution in [0.15, 0.2) is 49.7 Å². The lowest BCUT2D eigenvalue weighted by atomic mass is 10.4. The number of hydrogen-bond donors (Lipinski definition) is 1. The average Bonchev–Trinajstić information content (AvgIpc) is 2.27. The first-order chi connectivity index (χ1) is 7.16. The van der Waals surface area contributed by atoms with Crippen molar-refractivity contribution in [3.05, 3.63) is 49.7 Å². The van der Waals surface area contributed by atoms with Crippen LogP contribution in [0.4, 0.5) is 0 Å². The fraction of sp³-hybridized carbons (Fsp3) is 0.333. The van der Waals surface area contributed by atoms with Crippen LogP contribution in [0.5, 0.6) is 0 Å². The second-order valence-electron chi connectivity index (χ2n) is 2.85. The van der Waals surface area contributed by atoms with Gasteiger partial charge in [-0.25, -0.2) is 0 Å². The molecule has 15 heavy (non-hydrogen) atoms. The Morgan fingerprint density at radius 3 is 1.80 bits per heavy atom. The minimum atomic E-state index is -1.96. The highest BCUT2D eigenvalue weighted by atomic mass is 28.4. The van der Waals surface area contributed by atoms with E-state index in [9.17, 15) is 0 Å². The molecule has 0 aliphatic rings. The fourth-order valence-corrected chi connectivity index (χ4v) is 2.17. The largest absolute Gasteiger partial charge is 0.516 e. The van der Waals surface area contributed by atoms with Gasteiger partial charge in [0.25, 0.3) is 8.32 Å². The summed E-state index contributed by atoms with van der Waals surface area (Å²) in [6.07, 6.45) is 2.99. The predicted molar refractivity (Wildman–Crippen MR) is 70.0 cm³/mol. The maximum atomic E-state index is 7.33. The molecule has 2 nitrogen and oxygen atoms in total. The van der Waals surface area contributed by atoms with Crippen LogP contribution < -0.4 is 0 Å². The molecule has 0 spiro atoms. The Bertz CT molecular complexity index is 178. The quantitative estimate of drug-likeness (QED) is 0.408. The van der Waals surface area contributed by atoms with Crippen LogP contribution in [0.1, 0.15) is 19.8 Å². The number of unbranched alkanes of at least 4 members (excludes halogenated alkanes) is 1.